The average Bonchev–Trinajstić information content (AvgIpc) is 3.01. The lowest BCUT2D eigenvalue weighted by Gasteiger charge is -2.45. The van der Waals surface area contributed by atoms with E-state index in [4.69, 9.17) is 0 Å². The summed E-state index contributed by atoms with van der Waals surface area (Å²) in [5.41, 5.74) is 2.60. The van der Waals surface area contributed by atoms with E-state index in [1.807, 2.05) is 30.3 Å². The molecule has 0 aliphatic carbocycles. The number of nitrogens with zero attached hydrogens (tertiary/aromatic N) is 5. The van der Waals surface area contributed by atoms with Crippen LogP contribution in [0.25, 0.3) is 16.8 Å². The number of fused-ring (bicyclic) bond motifs is 1. The van der Waals surface area contributed by atoms with Crippen LogP contribution in [0.4, 0.5) is 5.69 Å². The highest BCUT2D eigenvalue weighted by Gasteiger charge is 2.43. The molecule has 0 N–H and O–H groups in total. The molecule has 1 fully saturated rings. The predicted molar refractivity (Wildman–Crippen MR) is 114 cm³/mol. The van der Waals surface area contributed by atoms with Crippen LogP contribution in [0.1, 0.15) is 20.8 Å². The summed E-state index contributed by atoms with van der Waals surface area (Å²) in [4.78, 5) is 32.4. The number of amides is 2. The second kappa shape index (κ2) is 6.84. The molecule has 7 nitrogen and oxygen atoms in total. The highest BCUT2D eigenvalue weighted by molar-refractivity contribution is 14.1. The van der Waals surface area contributed by atoms with E-state index >= 15 is 0 Å². The van der Waals surface area contributed by atoms with Gasteiger partial charge in [0.1, 0.15) is 23.6 Å². The van der Waals surface area contributed by atoms with Crippen LogP contribution in [0.15, 0.2) is 36.7 Å². The Bertz CT molecular complexity index is 1090. The molecule has 2 aromatic heterocycles. The molecule has 4 rings (SSSR count). The molecule has 28 heavy (non-hydrogen) atoms. The van der Waals surface area contributed by atoms with Gasteiger partial charge in [0.15, 0.2) is 0 Å². The smallest absolute Gasteiger partial charge is 0.252 e. The van der Waals surface area contributed by atoms with E-state index in [9.17, 15) is 9.59 Å². The molecule has 143 valence electrons. The van der Waals surface area contributed by atoms with Crippen molar-refractivity contribution in [1.29, 1.82) is 0 Å². The van der Waals surface area contributed by atoms with Crippen LogP contribution in [0.3, 0.4) is 0 Å². The zero-order chi connectivity index (χ0) is 20.1. The normalized spacial score (nSPS) is 16.6. The van der Waals surface area contributed by atoms with Gasteiger partial charge in [-0.15, -0.1) is 0 Å². The van der Waals surface area contributed by atoms with Gasteiger partial charge in [-0.3, -0.25) is 9.59 Å². The summed E-state index contributed by atoms with van der Waals surface area (Å²) in [7, 11) is 0. The number of piperazine rings is 1. The van der Waals surface area contributed by atoms with Crippen LogP contribution in [-0.2, 0) is 9.59 Å². The topological polar surface area (TPSA) is 70.8 Å². The monoisotopic (exact) mass is 488 g/mol. The molecule has 0 spiro atoms. The van der Waals surface area contributed by atoms with E-state index in [1.54, 1.807) is 28.2 Å². The Kier molecular flexibility index (Phi) is 4.60. The fraction of sp³-hybridized carbons (Fsp3) is 0.300. The largest absolute Gasteiger partial charge is 0.327 e. The van der Waals surface area contributed by atoms with Crippen molar-refractivity contribution in [3.63, 3.8) is 0 Å². The first kappa shape index (κ1) is 18.9. The third-order valence-electron chi connectivity index (χ3n) is 5.15. The number of aromatic nitrogens is 3. The SMILES string of the molecule is CC(=O)N1CCN(c2cccc(-c3cc(I)c4[c]ncnn34)c2)C(=O)C1(C)C. The molecule has 0 bridgehead atoms. The Morgan fingerprint density at radius 1 is 1.25 bits per heavy atom. The van der Waals surface area contributed by atoms with Crippen molar-refractivity contribution >= 4 is 45.6 Å². The Hall–Kier alpha value is -2.49. The van der Waals surface area contributed by atoms with Crippen molar-refractivity contribution in [2.24, 2.45) is 0 Å². The van der Waals surface area contributed by atoms with Crippen LogP contribution in [0, 0.1) is 9.77 Å². The lowest BCUT2D eigenvalue weighted by Crippen LogP contribution is -2.64. The molecule has 3 aromatic rings. The molecule has 0 unspecified atom stereocenters. The Morgan fingerprint density at radius 2 is 2.04 bits per heavy atom. The third-order valence-corrected chi connectivity index (χ3v) is 5.97. The zero-order valence-corrected chi connectivity index (χ0v) is 18.0. The number of hydrogen-bond donors (Lipinski definition) is 0. The lowest BCUT2D eigenvalue weighted by molar-refractivity contribution is -0.145. The molecule has 3 heterocycles. The number of carbonyl (C=O) groups excluding carboxylic acids is 2. The van der Waals surface area contributed by atoms with Gasteiger partial charge in [-0.25, -0.2) is 9.50 Å². The Balaban J connectivity index is 1.74. The second-order valence-corrected chi connectivity index (χ2v) is 8.41. The molecule has 1 aliphatic rings. The number of benzene rings is 1. The number of rotatable bonds is 2. The molecule has 1 saturated heterocycles. The summed E-state index contributed by atoms with van der Waals surface area (Å²) in [5.74, 6) is -0.173. The molecule has 0 atom stereocenters. The molecule has 0 saturated carbocycles. The van der Waals surface area contributed by atoms with E-state index in [0.29, 0.717) is 13.1 Å². The molecule has 1 radical (unpaired) electrons. The maximum atomic E-state index is 13.1. The summed E-state index contributed by atoms with van der Waals surface area (Å²) >= 11 is 2.24. The van der Waals surface area contributed by atoms with Gasteiger partial charge in [0, 0.05) is 34.8 Å². The van der Waals surface area contributed by atoms with E-state index in [1.165, 1.54) is 13.3 Å². The van der Waals surface area contributed by atoms with Gasteiger partial charge >= 0.3 is 0 Å². The summed E-state index contributed by atoms with van der Waals surface area (Å²) < 4.78 is 2.80. The van der Waals surface area contributed by atoms with Crippen molar-refractivity contribution in [3.05, 3.63) is 46.4 Å². The standard InChI is InChI=1S/C20H19IN5O2/c1-13(27)25-8-7-24(19(28)20(25,2)3)15-6-4-5-14(9-15)17-10-16(21)18-11-22-12-23-26(17)18/h4-6,9-10,12H,7-8H2,1-3H3. The minimum absolute atomic E-state index is 0.0862. The Morgan fingerprint density at radius 3 is 2.79 bits per heavy atom. The first-order valence-electron chi connectivity index (χ1n) is 8.91. The van der Waals surface area contributed by atoms with Crippen LogP contribution >= 0.6 is 22.6 Å². The fourth-order valence-corrected chi connectivity index (χ4v) is 4.37. The van der Waals surface area contributed by atoms with E-state index < -0.39 is 5.54 Å². The highest BCUT2D eigenvalue weighted by atomic mass is 127. The number of hydrogen-bond acceptors (Lipinski definition) is 4. The predicted octanol–water partition coefficient (Wildman–Crippen LogP) is 2.77. The zero-order valence-electron chi connectivity index (χ0n) is 15.8. The summed E-state index contributed by atoms with van der Waals surface area (Å²) in [6, 6.07) is 9.85. The second-order valence-electron chi connectivity index (χ2n) is 7.25. The van der Waals surface area contributed by atoms with Gasteiger partial charge in [-0.2, -0.15) is 5.10 Å². The lowest BCUT2D eigenvalue weighted by atomic mass is 9.96. The van der Waals surface area contributed by atoms with Gasteiger partial charge in [0.25, 0.3) is 5.91 Å². The van der Waals surface area contributed by atoms with Crippen molar-refractivity contribution in [1.82, 2.24) is 19.5 Å². The summed E-state index contributed by atoms with van der Waals surface area (Å²) in [6.45, 7) is 6.06. The quantitative estimate of drug-likeness (QED) is 0.521. The van der Waals surface area contributed by atoms with Crippen molar-refractivity contribution in [2.75, 3.05) is 18.0 Å². The maximum absolute atomic E-state index is 13.1. The first-order chi connectivity index (χ1) is 13.3. The van der Waals surface area contributed by atoms with Crippen molar-refractivity contribution in [2.45, 2.75) is 26.3 Å². The summed E-state index contributed by atoms with van der Waals surface area (Å²) in [5, 5.41) is 4.33. The molecular formula is C20H19IN5O2. The van der Waals surface area contributed by atoms with Gasteiger partial charge in [0.05, 0.1) is 5.69 Å². The third kappa shape index (κ3) is 2.95. The van der Waals surface area contributed by atoms with Gasteiger partial charge in [-0.05, 0) is 54.6 Å². The number of carbonyl (C=O) groups is 2. The molecular weight excluding hydrogens is 469 g/mol. The molecule has 1 aromatic carbocycles. The van der Waals surface area contributed by atoms with Crippen LogP contribution < -0.4 is 4.90 Å². The molecule has 2 amide bonds. The average molecular weight is 488 g/mol. The van der Waals surface area contributed by atoms with E-state index in [0.717, 1.165) is 26.0 Å². The fourth-order valence-electron chi connectivity index (χ4n) is 3.72. The molecule has 8 heteroatoms. The van der Waals surface area contributed by atoms with Gasteiger partial charge in [0.2, 0.25) is 5.91 Å². The van der Waals surface area contributed by atoms with Crippen LogP contribution in [-0.4, -0.2) is 49.9 Å². The highest BCUT2D eigenvalue weighted by Crippen LogP contribution is 2.31. The van der Waals surface area contributed by atoms with Crippen LogP contribution in [0.2, 0.25) is 0 Å². The van der Waals surface area contributed by atoms with Gasteiger partial charge in [-0.1, -0.05) is 12.1 Å². The van der Waals surface area contributed by atoms with Crippen molar-refractivity contribution < 1.29 is 9.59 Å². The van der Waals surface area contributed by atoms with Crippen LogP contribution in [0.5, 0.6) is 0 Å². The molecule has 1 aliphatic heterocycles. The minimum Gasteiger partial charge on any atom is -0.327 e. The number of anilines is 1. The minimum atomic E-state index is -0.876. The Labute approximate surface area is 176 Å². The van der Waals surface area contributed by atoms with Gasteiger partial charge < -0.3 is 9.80 Å². The first-order valence-corrected chi connectivity index (χ1v) is 9.99. The number of halogens is 1. The van der Waals surface area contributed by atoms with Crippen molar-refractivity contribution in [3.8, 4) is 11.3 Å². The van der Waals surface area contributed by atoms with E-state index in [-0.39, 0.29) is 11.8 Å². The maximum Gasteiger partial charge on any atom is 0.252 e. The van der Waals surface area contributed by atoms with E-state index in [2.05, 4.69) is 38.9 Å². The summed E-state index contributed by atoms with van der Waals surface area (Å²) in [6.07, 6.45) is 4.42.